The molecule has 1 unspecified atom stereocenters. The van der Waals surface area contributed by atoms with Crippen LogP contribution in [0.15, 0.2) is 24.3 Å². The molecule has 114 valence electrons. The quantitative estimate of drug-likeness (QED) is 0.839. The summed E-state index contributed by atoms with van der Waals surface area (Å²) in [5, 5.41) is 3.49. The van der Waals surface area contributed by atoms with Crippen molar-refractivity contribution in [3.05, 3.63) is 29.8 Å². The van der Waals surface area contributed by atoms with Gasteiger partial charge in [0.05, 0.1) is 5.75 Å². The molecule has 0 aliphatic carbocycles. The maximum absolute atomic E-state index is 9.95. The zero-order chi connectivity index (χ0) is 15.4. The van der Waals surface area contributed by atoms with Gasteiger partial charge < -0.3 is 5.32 Å². The van der Waals surface area contributed by atoms with E-state index in [1.165, 1.54) is 11.3 Å². The average molecular weight is 299 g/mol. The van der Waals surface area contributed by atoms with E-state index in [-0.39, 0.29) is 11.2 Å². The number of rotatable bonds is 3. The third-order valence-corrected chi connectivity index (χ3v) is 4.64. The SMILES string of the molecule is CC1Nc2ccccc2C1(C)C.CCCCS(=O)(=O)O. The lowest BCUT2D eigenvalue weighted by molar-refractivity contribution is 0.480. The predicted octanol–water partition coefficient (Wildman–Crippen LogP) is 3.45. The van der Waals surface area contributed by atoms with Crippen molar-refractivity contribution in [2.24, 2.45) is 0 Å². The van der Waals surface area contributed by atoms with Gasteiger partial charge in [0.2, 0.25) is 0 Å². The maximum Gasteiger partial charge on any atom is 0.264 e. The summed E-state index contributed by atoms with van der Waals surface area (Å²) in [7, 11) is -3.69. The summed E-state index contributed by atoms with van der Waals surface area (Å²) in [6.07, 6.45) is 1.33. The fourth-order valence-electron chi connectivity index (χ4n) is 2.14. The molecule has 1 aromatic carbocycles. The highest BCUT2D eigenvalue weighted by Crippen LogP contribution is 2.39. The van der Waals surface area contributed by atoms with E-state index in [0.29, 0.717) is 12.5 Å². The smallest absolute Gasteiger partial charge is 0.264 e. The third kappa shape index (κ3) is 4.49. The molecule has 5 heteroatoms. The number of unbranched alkanes of at least 4 members (excludes halogenated alkanes) is 1. The van der Waals surface area contributed by atoms with E-state index in [4.69, 9.17) is 4.55 Å². The van der Waals surface area contributed by atoms with Crippen molar-refractivity contribution >= 4 is 15.8 Å². The molecule has 0 saturated heterocycles. The largest absolute Gasteiger partial charge is 0.381 e. The van der Waals surface area contributed by atoms with Crippen molar-refractivity contribution in [1.82, 2.24) is 0 Å². The van der Waals surface area contributed by atoms with Crippen LogP contribution in [0.2, 0.25) is 0 Å². The van der Waals surface area contributed by atoms with Gasteiger partial charge in [0.15, 0.2) is 0 Å². The van der Waals surface area contributed by atoms with Gasteiger partial charge in [-0.1, -0.05) is 45.4 Å². The molecular weight excluding hydrogens is 274 g/mol. The lowest BCUT2D eigenvalue weighted by Crippen LogP contribution is -2.29. The van der Waals surface area contributed by atoms with E-state index >= 15 is 0 Å². The normalized spacial score (nSPS) is 19.6. The average Bonchev–Trinajstić information content (AvgIpc) is 2.58. The van der Waals surface area contributed by atoms with Crippen LogP contribution in [0.4, 0.5) is 5.69 Å². The molecule has 0 spiro atoms. The summed E-state index contributed by atoms with van der Waals surface area (Å²) in [5.41, 5.74) is 3.02. The monoisotopic (exact) mass is 299 g/mol. The van der Waals surface area contributed by atoms with Crippen molar-refractivity contribution in [2.75, 3.05) is 11.1 Å². The first kappa shape index (κ1) is 17.0. The van der Waals surface area contributed by atoms with Gasteiger partial charge >= 0.3 is 0 Å². The Bertz CT molecular complexity index is 538. The maximum atomic E-state index is 9.95. The van der Waals surface area contributed by atoms with Crippen LogP contribution in [-0.4, -0.2) is 24.8 Å². The van der Waals surface area contributed by atoms with Crippen LogP contribution in [0, 0.1) is 0 Å². The second-order valence-corrected chi connectivity index (χ2v) is 7.34. The summed E-state index contributed by atoms with van der Waals surface area (Å²) >= 11 is 0. The van der Waals surface area contributed by atoms with Crippen molar-refractivity contribution < 1.29 is 13.0 Å². The van der Waals surface area contributed by atoms with Gasteiger partial charge in [0.1, 0.15) is 0 Å². The molecule has 2 N–H and O–H groups in total. The standard InChI is InChI=1S/C11H15N.C4H10O3S/c1-8-11(2,3)9-6-4-5-7-10(9)12-8;1-2-3-4-8(5,6)7/h4-8,12H,1-3H3;2-4H2,1H3,(H,5,6,7). The molecule has 0 aromatic heterocycles. The Kier molecular flexibility index (Phi) is 5.59. The minimum atomic E-state index is -3.69. The molecule has 0 saturated carbocycles. The first-order valence-electron chi connectivity index (χ1n) is 6.99. The minimum Gasteiger partial charge on any atom is -0.381 e. The predicted molar refractivity (Wildman–Crippen MR) is 83.9 cm³/mol. The molecule has 0 fully saturated rings. The molecule has 20 heavy (non-hydrogen) atoms. The van der Waals surface area contributed by atoms with Crippen LogP contribution >= 0.6 is 0 Å². The molecule has 0 amide bonds. The Labute approximate surface area is 122 Å². The van der Waals surface area contributed by atoms with Crippen molar-refractivity contribution in [3.8, 4) is 0 Å². The zero-order valence-corrected chi connectivity index (χ0v) is 13.5. The molecule has 0 bridgehead atoms. The highest BCUT2D eigenvalue weighted by Gasteiger charge is 2.35. The van der Waals surface area contributed by atoms with Gasteiger partial charge in [-0.05, 0) is 25.0 Å². The third-order valence-electron chi connectivity index (χ3n) is 3.83. The van der Waals surface area contributed by atoms with E-state index in [1.54, 1.807) is 0 Å². The Morgan fingerprint density at radius 3 is 2.35 bits per heavy atom. The van der Waals surface area contributed by atoms with Crippen LogP contribution in [0.25, 0.3) is 0 Å². The number of fused-ring (bicyclic) bond motifs is 1. The number of nitrogens with one attached hydrogen (secondary N) is 1. The topological polar surface area (TPSA) is 66.4 Å². The van der Waals surface area contributed by atoms with Crippen molar-refractivity contribution in [2.45, 2.75) is 52.0 Å². The second kappa shape index (κ2) is 6.59. The van der Waals surface area contributed by atoms with Gasteiger partial charge in [0.25, 0.3) is 10.1 Å². The summed E-state index contributed by atoms with van der Waals surface area (Å²) in [6, 6.07) is 9.10. The van der Waals surface area contributed by atoms with E-state index in [9.17, 15) is 8.42 Å². The fraction of sp³-hybridized carbons (Fsp3) is 0.600. The van der Waals surface area contributed by atoms with Gasteiger partial charge in [-0.2, -0.15) is 8.42 Å². The Morgan fingerprint density at radius 2 is 1.90 bits per heavy atom. The molecule has 2 rings (SSSR count). The molecular formula is C15H25NO3S. The minimum absolute atomic E-state index is 0.108. The van der Waals surface area contributed by atoms with E-state index in [1.807, 2.05) is 6.92 Å². The van der Waals surface area contributed by atoms with Crippen LogP contribution in [0.1, 0.15) is 46.1 Å². The molecule has 1 aliphatic rings. The molecule has 1 heterocycles. The summed E-state index contributed by atoms with van der Waals surface area (Å²) < 4.78 is 28.0. The van der Waals surface area contributed by atoms with Crippen LogP contribution in [-0.2, 0) is 15.5 Å². The van der Waals surface area contributed by atoms with Gasteiger partial charge in [-0.15, -0.1) is 0 Å². The number of hydrogen-bond donors (Lipinski definition) is 2. The lowest BCUT2D eigenvalue weighted by atomic mass is 9.81. The van der Waals surface area contributed by atoms with Crippen LogP contribution in [0.3, 0.4) is 0 Å². The van der Waals surface area contributed by atoms with E-state index < -0.39 is 10.1 Å². The Morgan fingerprint density at radius 1 is 1.30 bits per heavy atom. The highest BCUT2D eigenvalue weighted by atomic mass is 32.2. The number of para-hydroxylation sites is 1. The van der Waals surface area contributed by atoms with Crippen molar-refractivity contribution in [1.29, 1.82) is 0 Å². The number of anilines is 1. The van der Waals surface area contributed by atoms with Crippen molar-refractivity contribution in [3.63, 3.8) is 0 Å². The van der Waals surface area contributed by atoms with Crippen LogP contribution < -0.4 is 5.32 Å². The highest BCUT2D eigenvalue weighted by molar-refractivity contribution is 7.85. The fourth-order valence-corrected chi connectivity index (χ4v) is 2.80. The second-order valence-electron chi connectivity index (χ2n) is 5.77. The first-order chi connectivity index (χ1) is 9.18. The van der Waals surface area contributed by atoms with Gasteiger partial charge in [-0.3, -0.25) is 4.55 Å². The van der Waals surface area contributed by atoms with E-state index in [0.717, 1.165) is 6.42 Å². The first-order valence-corrected chi connectivity index (χ1v) is 8.60. The van der Waals surface area contributed by atoms with Gasteiger partial charge in [0, 0.05) is 17.1 Å². The lowest BCUT2D eigenvalue weighted by Gasteiger charge is -2.23. The summed E-state index contributed by atoms with van der Waals surface area (Å²) in [5.74, 6) is -0.108. The Balaban J connectivity index is 0.000000221. The Hall–Kier alpha value is -1.07. The number of benzene rings is 1. The summed E-state index contributed by atoms with van der Waals surface area (Å²) in [4.78, 5) is 0. The molecule has 1 atom stereocenters. The van der Waals surface area contributed by atoms with Crippen LogP contribution in [0.5, 0.6) is 0 Å². The molecule has 1 aromatic rings. The van der Waals surface area contributed by atoms with E-state index in [2.05, 4.69) is 50.4 Å². The molecule has 0 radical (unpaired) electrons. The zero-order valence-electron chi connectivity index (χ0n) is 12.7. The van der Waals surface area contributed by atoms with Gasteiger partial charge in [-0.25, -0.2) is 0 Å². The molecule has 1 aliphatic heterocycles. The molecule has 4 nitrogen and oxygen atoms in total. The summed E-state index contributed by atoms with van der Waals surface area (Å²) in [6.45, 7) is 8.68. The number of hydrogen-bond acceptors (Lipinski definition) is 3.